The number of rotatable bonds is 3. The molecule has 2 aromatic carbocycles. The van der Waals surface area contributed by atoms with Crippen LogP contribution in [0.25, 0.3) is 0 Å². The third kappa shape index (κ3) is 4.33. The second-order valence-electron chi connectivity index (χ2n) is 12.7. The maximum atomic E-state index is 14.9. The van der Waals surface area contributed by atoms with Gasteiger partial charge >= 0.3 is 0 Å². The van der Waals surface area contributed by atoms with Gasteiger partial charge in [0.05, 0.1) is 11.3 Å². The minimum Gasteiger partial charge on any atom is -0.342 e. The quantitative estimate of drug-likeness (QED) is 0.541. The van der Waals surface area contributed by atoms with Gasteiger partial charge in [-0.1, -0.05) is 23.8 Å². The van der Waals surface area contributed by atoms with Crippen LogP contribution >= 0.6 is 0 Å². The molecule has 5 nitrogen and oxygen atoms in total. The smallest absolute Gasteiger partial charge is 0.238 e. The molecule has 7 heteroatoms. The van der Waals surface area contributed by atoms with E-state index in [4.69, 9.17) is 0 Å². The molecule has 0 unspecified atom stereocenters. The summed E-state index contributed by atoms with van der Waals surface area (Å²) in [6.07, 6.45) is 1.14. The SMILES string of the molecule is Cc1ccc2c(c1)C1(CCN(C(=O)[C@@H]3CN(C(C)(C)C)C[C@H]3c3ccc(F)cc3F)CC1)C(=O)N2C(C)C. The predicted octanol–water partition coefficient (Wildman–Crippen LogP) is 5.40. The van der Waals surface area contributed by atoms with Crippen LogP contribution in [0.4, 0.5) is 14.5 Å². The Balaban J connectivity index is 1.41. The summed E-state index contributed by atoms with van der Waals surface area (Å²) in [4.78, 5) is 33.8. The molecule has 3 heterocycles. The van der Waals surface area contributed by atoms with Crippen molar-refractivity contribution in [3.63, 3.8) is 0 Å². The van der Waals surface area contributed by atoms with Crippen LogP contribution in [0.3, 0.4) is 0 Å². The monoisotopic (exact) mass is 523 g/mol. The Hall–Kier alpha value is -2.80. The van der Waals surface area contributed by atoms with Crippen LogP contribution in [0, 0.1) is 24.5 Å². The molecular weight excluding hydrogens is 484 g/mol. The van der Waals surface area contributed by atoms with Crippen molar-refractivity contribution < 1.29 is 18.4 Å². The van der Waals surface area contributed by atoms with Gasteiger partial charge in [-0.05, 0) is 77.6 Å². The largest absolute Gasteiger partial charge is 0.342 e. The van der Waals surface area contributed by atoms with E-state index in [1.54, 1.807) is 0 Å². The Kier molecular flexibility index (Phi) is 6.65. The maximum Gasteiger partial charge on any atom is 0.238 e. The van der Waals surface area contributed by atoms with Gasteiger partial charge in [0.2, 0.25) is 11.8 Å². The number of carbonyl (C=O) groups is 2. The number of hydrogen-bond acceptors (Lipinski definition) is 3. The number of fused-ring (bicyclic) bond motifs is 2. The highest BCUT2D eigenvalue weighted by Gasteiger charge is 2.54. The molecule has 0 aromatic heterocycles. The summed E-state index contributed by atoms with van der Waals surface area (Å²) >= 11 is 0. The zero-order valence-corrected chi connectivity index (χ0v) is 23.4. The van der Waals surface area contributed by atoms with Gasteiger partial charge in [0, 0.05) is 55.4 Å². The maximum absolute atomic E-state index is 14.9. The van der Waals surface area contributed by atoms with Crippen LogP contribution in [0.15, 0.2) is 36.4 Å². The third-order valence-electron chi connectivity index (χ3n) is 8.95. The molecule has 3 aliphatic heterocycles. The lowest BCUT2D eigenvalue weighted by Gasteiger charge is -2.40. The van der Waals surface area contributed by atoms with E-state index in [1.165, 1.54) is 12.1 Å². The average molecular weight is 524 g/mol. The standard InChI is InChI=1S/C31H39F2N3O2/c1-19(2)36-27-10-7-20(3)15-25(27)31(29(36)38)11-13-34(14-12-31)28(37)24-18-35(30(4,5)6)17-23(24)22-9-8-21(32)16-26(22)33/h7-10,15-16,19,23-24H,11-14,17-18H2,1-6H3/t23-,24+/m0/s1. The Morgan fingerprint density at radius 1 is 1.03 bits per heavy atom. The van der Waals surface area contributed by atoms with Crippen LogP contribution in [0.5, 0.6) is 0 Å². The highest BCUT2D eigenvalue weighted by molar-refractivity contribution is 6.08. The summed E-state index contributed by atoms with van der Waals surface area (Å²) in [5.74, 6) is -1.87. The number of anilines is 1. The number of likely N-dealkylation sites (tertiary alicyclic amines) is 2. The lowest BCUT2D eigenvalue weighted by molar-refractivity contribution is -0.139. The van der Waals surface area contributed by atoms with Crippen LogP contribution in [0.1, 0.15) is 70.1 Å². The minimum atomic E-state index is -0.617. The van der Waals surface area contributed by atoms with Crippen LogP contribution in [0.2, 0.25) is 0 Å². The molecule has 5 rings (SSSR count). The molecule has 0 aliphatic carbocycles. The lowest BCUT2D eigenvalue weighted by atomic mass is 9.73. The molecular formula is C31H39F2N3O2. The van der Waals surface area contributed by atoms with Gasteiger partial charge in [-0.2, -0.15) is 0 Å². The van der Waals surface area contributed by atoms with Crippen molar-refractivity contribution in [3.05, 3.63) is 64.7 Å². The van der Waals surface area contributed by atoms with E-state index in [0.29, 0.717) is 44.6 Å². The molecule has 204 valence electrons. The molecule has 0 bridgehead atoms. The number of amides is 2. The number of aryl methyl sites for hydroxylation is 1. The molecule has 0 radical (unpaired) electrons. The molecule has 3 aliphatic rings. The molecule has 1 spiro atoms. The number of halogens is 2. The van der Waals surface area contributed by atoms with E-state index in [1.807, 2.05) is 30.6 Å². The normalized spacial score (nSPS) is 23.6. The van der Waals surface area contributed by atoms with Crippen molar-refractivity contribution in [1.29, 1.82) is 0 Å². The second-order valence-corrected chi connectivity index (χ2v) is 12.7. The molecule has 38 heavy (non-hydrogen) atoms. The van der Waals surface area contributed by atoms with E-state index in [2.05, 4.69) is 43.9 Å². The highest BCUT2D eigenvalue weighted by Crippen LogP contribution is 2.49. The topological polar surface area (TPSA) is 43.9 Å². The van der Waals surface area contributed by atoms with Crippen molar-refractivity contribution in [2.75, 3.05) is 31.1 Å². The fraction of sp³-hybridized carbons (Fsp3) is 0.548. The Morgan fingerprint density at radius 3 is 2.32 bits per heavy atom. The Bertz CT molecular complexity index is 1260. The molecule has 2 amide bonds. The summed E-state index contributed by atoms with van der Waals surface area (Å²) in [6.45, 7) is 14.4. The fourth-order valence-electron chi connectivity index (χ4n) is 6.76. The zero-order valence-electron chi connectivity index (χ0n) is 23.4. The Morgan fingerprint density at radius 2 is 1.71 bits per heavy atom. The van der Waals surface area contributed by atoms with Gasteiger partial charge in [-0.15, -0.1) is 0 Å². The van der Waals surface area contributed by atoms with Gasteiger partial charge in [0.25, 0.3) is 0 Å². The lowest BCUT2D eigenvalue weighted by Crippen LogP contribution is -2.52. The van der Waals surface area contributed by atoms with Crippen LogP contribution in [-0.2, 0) is 15.0 Å². The second kappa shape index (κ2) is 9.44. The van der Waals surface area contributed by atoms with E-state index in [9.17, 15) is 18.4 Å². The average Bonchev–Trinajstić information content (AvgIpc) is 3.38. The first kappa shape index (κ1) is 26.8. The number of nitrogens with zero attached hydrogens (tertiary/aromatic N) is 3. The van der Waals surface area contributed by atoms with Crippen LogP contribution in [-0.4, -0.2) is 59.4 Å². The van der Waals surface area contributed by atoms with Gasteiger partial charge in [0.15, 0.2) is 0 Å². The zero-order chi connectivity index (χ0) is 27.6. The predicted molar refractivity (Wildman–Crippen MR) is 145 cm³/mol. The van der Waals surface area contributed by atoms with E-state index in [0.717, 1.165) is 22.9 Å². The van der Waals surface area contributed by atoms with E-state index >= 15 is 0 Å². The molecule has 2 aromatic rings. The van der Waals surface area contributed by atoms with Gasteiger partial charge in [-0.25, -0.2) is 8.78 Å². The molecule has 0 saturated carbocycles. The number of piperidine rings is 1. The van der Waals surface area contributed by atoms with E-state index in [-0.39, 0.29) is 29.3 Å². The highest BCUT2D eigenvalue weighted by atomic mass is 19.1. The first-order chi connectivity index (χ1) is 17.8. The first-order valence-electron chi connectivity index (χ1n) is 13.8. The fourth-order valence-corrected chi connectivity index (χ4v) is 6.76. The minimum absolute atomic E-state index is 0.00375. The van der Waals surface area contributed by atoms with Crippen molar-refractivity contribution in [1.82, 2.24) is 9.80 Å². The van der Waals surface area contributed by atoms with Gasteiger partial charge in [-0.3, -0.25) is 14.5 Å². The van der Waals surface area contributed by atoms with Crippen molar-refractivity contribution in [2.45, 2.75) is 77.3 Å². The van der Waals surface area contributed by atoms with Gasteiger partial charge in [0.1, 0.15) is 11.6 Å². The van der Waals surface area contributed by atoms with Crippen LogP contribution < -0.4 is 4.90 Å². The number of carbonyl (C=O) groups excluding carboxylic acids is 2. The summed E-state index contributed by atoms with van der Waals surface area (Å²) < 4.78 is 28.6. The molecule has 2 fully saturated rings. The molecule has 2 saturated heterocycles. The number of hydrogen-bond donors (Lipinski definition) is 0. The first-order valence-corrected chi connectivity index (χ1v) is 13.8. The Labute approximate surface area is 224 Å². The summed E-state index contributed by atoms with van der Waals surface area (Å²) in [5.41, 5.74) is 2.78. The number of benzene rings is 2. The van der Waals surface area contributed by atoms with Crippen molar-refractivity contribution >= 4 is 17.5 Å². The van der Waals surface area contributed by atoms with E-state index < -0.39 is 23.0 Å². The summed E-state index contributed by atoms with van der Waals surface area (Å²) in [7, 11) is 0. The third-order valence-corrected chi connectivity index (χ3v) is 8.95. The molecule has 2 atom stereocenters. The summed E-state index contributed by atoms with van der Waals surface area (Å²) in [6, 6.07) is 9.97. The van der Waals surface area contributed by atoms with Crippen molar-refractivity contribution in [2.24, 2.45) is 5.92 Å². The summed E-state index contributed by atoms with van der Waals surface area (Å²) in [5, 5.41) is 0. The van der Waals surface area contributed by atoms with Gasteiger partial charge < -0.3 is 9.80 Å². The molecule has 0 N–H and O–H groups in total. The van der Waals surface area contributed by atoms with Crippen molar-refractivity contribution in [3.8, 4) is 0 Å².